The molecule has 130 valence electrons. The molecule has 8 heteroatoms. The molecule has 0 unspecified atom stereocenters. The molecule has 1 aromatic heterocycles. The van der Waals surface area contributed by atoms with Gasteiger partial charge in [0.15, 0.2) is 0 Å². The number of piperidine rings is 1. The second-order valence-electron chi connectivity index (χ2n) is 5.76. The highest BCUT2D eigenvalue weighted by molar-refractivity contribution is 7.89. The zero-order valence-corrected chi connectivity index (χ0v) is 14.3. The number of thiophene rings is 1. The number of alkyl halides is 3. The number of sulfonamides is 1. The van der Waals surface area contributed by atoms with Crippen LogP contribution in [-0.2, 0) is 16.2 Å². The van der Waals surface area contributed by atoms with Gasteiger partial charge in [-0.25, -0.2) is 8.42 Å². The van der Waals surface area contributed by atoms with E-state index in [1.807, 2.05) is 11.4 Å². The molecule has 3 rings (SSSR count). The maximum Gasteiger partial charge on any atom is 0.416 e. The Kier molecular flexibility index (Phi) is 4.72. The van der Waals surface area contributed by atoms with Crippen molar-refractivity contribution < 1.29 is 21.6 Å². The van der Waals surface area contributed by atoms with Gasteiger partial charge in [0.2, 0.25) is 10.0 Å². The van der Waals surface area contributed by atoms with Crippen molar-refractivity contribution in [3.63, 3.8) is 0 Å². The van der Waals surface area contributed by atoms with Gasteiger partial charge in [-0.05, 0) is 59.3 Å². The Hall–Kier alpha value is -1.38. The molecule has 1 aromatic carbocycles. The molecule has 0 bridgehead atoms. The largest absolute Gasteiger partial charge is 0.416 e. The van der Waals surface area contributed by atoms with E-state index >= 15 is 0 Å². The predicted octanol–water partition coefficient (Wildman–Crippen LogP) is 4.34. The zero-order valence-electron chi connectivity index (χ0n) is 12.7. The van der Waals surface area contributed by atoms with E-state index in [9.17, 15) is 21.6 Å². The van der Waals surface area contributed by atoms with Crippen LogP contribution in [0, 0.1) is 0 Å². The van der Waals surface area contributed by atoms with E-state index in [0.29, 0.717) is 37.9 Å². The Morgan fingerprint density at radius 3 is 2.42 bits per heavy atom. The molecule has 1 aliphatic rings. The highest BCUT2D eigenvalue weighted by Gasteiger charge is 2.34. The second-order valence-corrected chi connectivity index (χ2v) is 8.48. The van der Waals surface area contributed by atoms with Crippen molar-refractivity contribution in [3.05, 3.63) is 52.2 Å². The van der Waals surface area contributed by atoms with Gasteiger partial charge >= 0.3 is 6.18 Å². The van der Waals surface area contributed by atoms with Crippen LogP contribution in [0.15, 0.2) is 46.0 Å². The first-order chi connectivity index (χ1) is 11.3. The molecule has 1 saturated heterocycles. The van der Waals surface area contributed by atoms with Gasteiger partial charge in [-0.1, -0.05) is 6.07 Å². The average Bonchev–Trinajstić information content (AvgIpc) is 3.09. The van der Waals surface area contributed by atoms with Gasteiger partial charge in [0.05, 0.1) is 10.5 Å². The van der Waals surface area contributed by atoms with Crippen molar-refractivity contribution in [1.82, 2.24) is 4.31 Å². The van der Waals surface area contributed by atoms with Crippen LogP contribution in [0.1, 0.15) is 29.9 Å². The topological polar surface area (TPSA) is 37.4 Å². The summed E-state index contributed by atoms with van der Waals surface area (Å²) in [6, 6.07) is 5.97. The maximum absolute atomic E-state index is 12.8. The molecular weight excluding hydrogens is 359 g/mol. The van der Waals surface area contributed by atoms with E-state index < -0.39 is 21.8 Å². The highest BCUT2D eigenvalue weighted by atomic mass is 32.2. The van der Waals surface area contributed by atoms with E-state index in [1.54, 1.807) is 11.3 Å². The molecule has 3 nitrogen and oxygen atoms in total. The molecule has 0 saturated carbocycles. The van der Waals surface area contributed by atoms with Gasteiger partial charge in [-0.15, -0.1) is 0 Å². The third-order valence-electron chi connectivity index (χ3n) is 4.27. The minimum absolute atomic E-state index is 0.300. The number of benzene rings is 1. The van der Waals surface area contributed by atoms with E-state index in [2.05, 4.69) is 5.38 Å². The monoisotopic (exact) mass is 375 g/mol. The molecule has 2 heterocycles. The first-order valence-electron chi connectivity index (χ1n) is 7.48. The summed E-state index contributed by atoms with van der Waals surface area (Å²) in [5.41, 5.74) is 0.257. The molecule has 0 N–H and O–H groups in total. The van der Waals surface area contributed by atoms with Gasteiger partial charge in [0, 0.05) is 13.1 Å². The van der Waals surface area contributed by atoms with Crippen molar-refractivity contribution in [3.8, 4) is 0 Å². The van der Waals surface area contributed by atoms with Crippen LogP contribution < -0.4 is 0 Å². The van der Waals surface area contributed by atoms with Crippen molar-refractivity contribution in [2.24, 2.45) is 0 Å². The summed E-state index contributed by atoms with van der Waals surface area (Å²) in [5, 5.41) is 4.04. The lowest BCUT2D eigenvalue weighted by atomic mass is 9.92. The first kappa shape index (κ1) is 17.4. The summed E-state index contributed by atoms with van der Waals surface area (Å²) in [6.07, 6.45) is -3.21. The Morgan fingerprint density at radius 1 is 1.12 bits per heavy atom. The molecule has 0 atom stereocenters. The van der Waals surface area contributed by atoms with Gasteiger partial charge in [-0.3, -0.25) is 0 Å². The number of nitrogens with zero attached hydrogens (tertiary/aromatic N) is 1. The van der Waals surface area contributed by atoms with Crippen LogP contribution in [0.4, 0.5) is 13.2 Å². The lowest BCUT2D eigenvalue weighted by Gasteiger charge is -2.31. The van der Waals surface area contributed by atoms with Gasteiger partial charge in [0.1, 0.15) is 0 Å². The molecule has 1 fully saturated rings. The summed E-state index contributed by atoms with van der Waals surface area (Å²) in [5.74, 6) is 0.309. The van der Waals surface area contributed by atoms with Crippen LogP contribution in [0.3, 0.4) is 0 Å². The molecule has 0 aliphatic carbocycles. The SMILES string of the molecule is O=S(=O)(c1cccc(C(F)(F)F)c1)N1CCC(c2ccsc2)CC1. The smallest absolute Gasteiger partial charge is 0.207 e. The normalized spacial score (nSPS) is 18.0. The van der Waals surface area contributed by atoms with E-state index in [1.165, 1.54) is 15.9 Å². The highest BCUT2D eigenvalue weighted by Crippen LogP contribution is 2.34. The zero-order chi connectivity index (χ0) is 17.4. The molecule has 1 aliphatic heterocycles. The third kappa shape index (κ3) is 3.50. The number of rotatable bonds is 3. The standard InChI is InChI=1S/C16H16F3NO2S2/c17-16(18,19)14-2-1-3-15(10-14)24(21,22)20-7-4-12(5-8-20)13-6-9-23-11-13/h1-3,6,9-12H,4-5,7-8H2. The molecular formula is C16H16F3NO2S2. The van der Waals surface area contributed by atoms with Crippen LogP contribution in [0.5, 0.6) is 0 Å². The summed E-state index contributed by atoms with van der Waals surface area (Å²) in [6.45, 7) is 0.637. The first-order valence-corrected chi connectivity index (χ1v) is 9.86. The Bertz CT molecular complexity index is 793. The van der Waals surface area contributed by atoms with Crippen molar-refractivity contribution in [2.45, 2.75) is 29.8 Å². The van der Waals surface area contributed by atoms with E-state index in [-0.39, 0.29) is 4.90 Å². The lowest BCUT2D eigenvalue weighted by Crippen LogP contribution is -2.37. The fraction of sp³-hybridized carbons (Fsp3) is 0.375. The lowest BCUT2D eigenvalue weighted by molar-refractivity contribution is -0.137. The third-order valence-corrected chi connectivity index (χ3v) is 6.86. The van der Waals surface area contributed by atoms with Crippen molar-refractivity contribution in [2.75, 3.05) is 13.1 Å². The van der Waals surface area contributed by atoms with Gasteiger partial charge < -0.3 is 0 Å². The molecule has 0 amide bonds. The van der Waals surface area contributed by atoms with E-state index in [4.69, 9.17) is 0 Å². The maximum atomic E-state index is 12.8. The van der Waals surface area contributed by atoms with Gasteiger partial charge in [-0.2, -0.15) is 28.8 Å². The Balaban J connectivity index is 1.77. The Labute approximate surface area is 142 Å². The molecule has 24 heavy (non-hydrogen) atoms. The minimum Gasteiger partial charge on any atom is -0.207 e. The molecule has 2 aromatic rings. The minimum atomic E-state index is -4.56. The summed E-state index contributed by atoms with van der Waals surface area (Å²) in [7, 11) is -3.90. The van der Waals surface area contributed by atoms with Crippen LogP contribution in [-0.4, -0.2) is 25.8 Å². The van der Waals surface area contributed by atoms with Gasteiger partial charge in [0.25, 0.3) is 0 Å². The van der Waals surface area contributed by atoms with Crippen molar-refractivity contribution in [1.29, 1.82) is 0 Å². The predicted molar refractivity (Wildman–Crippen MR) is 86.5 cm³/mol. The quantitative estimate of drug-likeness (QED) is 0.801. The number of halogens is 3. The van der Waals surface area contributed by atoms with Crippen molar-refractivity contribution >= 4 is 21.4 Å². The molecule has 0 radical (unpaired) electrons. The van der Waals surface area contributed by atoms with Crippen LogP contribution >= 0.6 is 11.3 Å². The van der Waals surface area contributed by atoms with Crippen LogP contribution in [0.25, 0.3) is 0 Å². The van der Waals surface area contributed by atoms with E-state index in [0.717, 1.165) is 12.1 Å². The summed E-state index contributed by atoms with van der Waals surface area (Å²) >= 11 is 1.60. The molecule has 0 spiro atoms. The second kappa shape index (κ2) is 6.50. The fourth-order valence-electron chi connectivity index (χ4n) is 2.92. The average molecular weight is 375 g/mol. The number of hydrogen-bond acceptors (Lipinski definition) is 3. The summed E-state index contributed by atoms with van der Waals surface area (Å²) < 4.78 is 64.9. The summed E-state index contributed by atoms with van der Waals surface area (Å²) in [4.78, 5) is -0.300. The Morgan fingerprint density at radius 2 is 1.83 bits per heavy atom. The fourth-order valence-corrected chi connectivity index (χ4v) is 5.18. The van der Waals surface area contributed by atoms with Crippen LogP contribution in [0.2, 0.25) is 0 Å². The number of hydrogen-bond donors (Lipinski definition) is 0.